The summed E-state index contributed by atoms with van der Waals surface area (Å²) < 4.78 is 0. The largest absolute Gasteiger partial charge is 0.356 e. The molecule has 1 fully saturated rings. The van der Waals surface area contributed by atoms with E-state index in [1.165, 1.54) is 5.56 Å². The third-order valence-corrected chi connectivity index (χ3v) is 4.10. The number of rotatable bonds is 5. The van der Waals surface area contributed by atoms with Crippen LogP contribution in [0.25, 0.3) is 0 Å². The summed E-state index contributed by atoms with van der Waals surface area (Å²) in [5, 5.41) is 6.34. The van der Waals surface area contributed by atoms with Gasteiger partial charge in [-0.05, 0) is 30.4 Å². The van der Waals surface area contributed by atoms with Crippen LogP contribution in [0.3, 0.4) is 0 Å². The van der Waals surface area contributed by atoms with Gasteiger partial charge in [-0.2, -0.15) is 0 Å². The maximum absolute atomic E-state index is 12.0. The number of amides is 1. The molecule has 1 unspecified atom stereocenters. The number of hydrogen-bond acceptors (Lipinski definition) is 2. The van der Waals surface area contributed by atoms with Gasteiger partial charge in [-0.25, -0.2) is 0 Å². The molecule has 0 bridgehead atoms. The Morgan fingerprint density at radius 3 is 2.74 bits per heavy atom. The van der Waals surface area contributed by atoms with Crippen molar-refractivity contribution in [1.82, 2.24) is 10.6 Å². The first-order chi connectivity index (χ1) is 9.18. The minimum atomic E-state index is 0.145. The van der Waals surface area contributed by atoms with Crippen molar-refractivity contribution in [3.05, 3.63) is 35.9 Å². The van der Waals surface area contributed by atoms with Crippen LogP contribution in [-0.4, -0.2) is 25.5 Å². The smallest absolute Gasteiger partial charge is 0.224 e. The summed E-state index contributed by atoms with van der Waals surface area (Å²) in [5.74, 6) is 1.29. The molecule has 1 aromatic rings. The van der Waals surface area contributed by atoms with Crippen molar-refractivity contribution in [2.45, 2.75) is 26.2 Å². The molecular formula is C16H24N2O. The van der Waals surface area contributed by atoms with Gasteiger partial charge in [-0.15, -0.1) is 0 Å². The SMILES string of the molecule is CC(CCNC(=O)[C@@H]1CNC[C@H]1C)c1ccccc1. The second-order valence-corrected chi connectivity index (χ2v) is 5.63. The first-order valence-electron chi connectivity index (χ1n) is 7.22. The van der Waals surface area contributed by atoms with Crippen LogP contribution in [0.5, 0.6) is 0 Å². The third-order valence-electron chi connectivity index (χ3n) is 4.10. The van der Waals surface area contributed by atoms with Gasteiger partial charge in [0.15, 0.2) is 0 Å². The van der Waals surface area contributed by atoms with Gasteiger partial charge < -0.3 is 10.6 Å². The fourth-order valence-corrected chi connectivity index (χ4v) is 2.65. The average molecular weight is 260 g/mol. The van der Waals surface area contributed by atoms with Crippen LogP contribution in [-0.2, 0) is 4.79 Å². The highest BCUT2D eigenvalue weighted by Gasteiger charge is 2.29. The average Bonchev–Trinajstić information content (AvgIpc) is 2.86. The lowest BCUT2D eigenvalue weighted by atomic mass is 9.96. The highest BCUT2D eigenvalue weighted by atomic mass is 16.1. The zero-order valence-electron chi connectivity index (χ0n) is 11.9. The molecule has 1 saturated heterocycles. The molecule has 1 aliphatic heterocycles. The molecule has 1 heterocycles. The van der Waals surface area contributed by atoms with Gasteiger partial charge in [0, 0.05) is 13.1 Å². The summed E-state index contributed by atoms with van der Waals surface area (Å²) in [5.41, 5.74) is 1.34. The summed E-state index contributed by atoms with van der Waals surface area (Å²) in [6.45, 7) is 6.88. The Labute approximate surface area is 115 Å². The van der Waals surface area contributed by atoms with Gasteiger partial charge in [-0.1, -0.05) is 44.2 Å². The molecule has 0 saturated carbocycles. The minimum absolute atomic E-state index is 0.145. The monoisotopic (exact) mass is 260 g/mol. The Balaban J connectivity index is 1.73. The molecule has 1 aliphatic rings. The number of hydrogen-bond donors (Lipinski definition) is 2. The standard InChI is InChI=1S/C16H24N2O/c1-12(14-6-4-3-5-7-14)8-9-18-16(19)15-11-17-10-13(15)2/h3-7,12-13,15,17H,8-11H2,1-2H3,(H,18,19)/t12?,13-,15-/m1/s1. The van der Waals surface area contributed by atoms with Crippen molar-refractivity contribution in [1.29, 1.82) is 0 Å². The molecule has 104 valence electrons. The van der Waals surface area contributed by atoms with Crippen molar-refractivity contribution in [3.8, 4) is 0 Å². The van der Waals surface area contributed by atoms with Crippen molar-refractivity contribution < 1.29 is 4.79 Å². The Morgan fingerprint density at radius 2 is 2.11 bits per heavy atom. The Kier molecular flexibility index (Phi) is 4.97. The van der Waals surface area contributed by atoms with E-state index in [2.05, 4.69) is 48.7 Å². The van der Waals surface area contributed by atoms with E-state index in [0.29, 0.717) is 11.8 Å². The van der Waals surface area contributed by atoms with Crippen molar-refractivity contribution in [2.75, 3.05) is 19.6 Å². The van der Waals surface area contributed by atoms with E-state index in [1.54, 1.807) is 0 Å². The van der Waals surface area contributed by atoms with Gasteiger partial charge >= 0.3 is 0 Å². The van der Waals surface area contributed by atoms with E-state index in [1.807, 2.05) is 6.07 Å². The van der Waals surface area contributed by atoms with Crippen molar-refractivity contribution in [2.24, 2.45) is 11.8 Å². The van der Waals surface area contributed by atoms with E-state index < -0.39 is 0 Å². The van der Waals surface area contributed by atoms with Crippen LogP contribution < -0.4 is 10.6 Å². The van der Waals surface area contributed by atoms with Crippen molar-refractivity contribution >= 4 is 5.91 Å². The molecule has 0 aliphatic carbocycles. The minimum Gasteiger partial charge on any atom is -0.356 e. The van der Waals surface area contributed by atoms with Crippen LogP contribution in [0.4, 0.5) is 0 Å². The van der Waals surface area contributed by atoms with E-state index in [9.17, 15) is 4.79 Å². The molecule has 19 heavy (non-hydrogen) atoms. The molecule has 0 aromatic heterocycles. The fraction of sp³-hybridized carbons (Fsp3) is 0.562. The highest BCUT2D eigenvalue weighted by molar-refractivity contribution is 5.79. The van der Waals surface area contributed by atoms with Crippen LogP contribution in [0.15, 0.2) is 30.3 Å². The van der Waals surface area contributed by atoms with E-state index >= 15 is 0 Å². The molecule has 0 spiro atoms. The molecule has 1 aromatic carbocycles. The lowest BCUT2D eigenvalue weighted by Crippen LogP contribution is -2.35. The predicted octanol–water partition coefficient (Wildman–Crippen LogP) is 2.15. The summed E-state index contributed by atoms with van der Waals surface area (Å²) in [6, 6.07) is 10.5. The molecule has 3 atom stereocenters. The Morgan fingerprint density at radius 1 is 1.37 bits per heavy atom. The molecule has 1 amide bonds. The van der Waals surface area contributed by atoms with E-state index in [0.717, 1.165) is 26.1 Å². The zero-order valence-corrected chi connectivity index (χ0v) is 11.9. The lowest BCUT2D eigenvalue weighted by Gasteiger charge is -2.16. The molecule has 3 nitrogen and oxygen atoms in total. The number of carbonyl (C=O) groups excluding carboxylic acids is 1. The van der Waals surface area contributed by atoms with Crippen LogP contribution in [0.2, 0.25) is 0 Å². The number of carbonyl (C=O) groups is 1. The number of benzene rings is 1. The second kappa shape index (κ2) is 6.71. The lowest BCUT2D eigenvalue weighted by molar-refractivity contribution is -0.125. The first kappa shape index (κ1) is 14.1. The number of nitrogens with one attached hydrogen (secondary N) is 2. The van der Waals surface area contributed by atoms with E-state index in [4.69, 9.17) is 0 Å². The quantitative estimate of drug-likeness (QED) is 0.851. The maximum atomic E-state index is 12.0. The molecule has 3 heteroatoms. The third kappa shape index (κ3) is 3.80. The van der Waals surface area contributed by atoms with Crippen LogP contribution in [0, 0.1) is 11.8 Å². The van der Waals surface area contributed by atoms with Gasteiger partial charge in [0.1, 0.15) is 0 Å². The highest BCUT2D eigenvalue weighted by Crippen LogP contribution is 2.18. The molecular weight excluding hydrogens is 236 g/mol. The van der Waals surface area contributed by atoms with Gasteiger partial charge in [-0.3, -0.25) is 4.79 Å². The second-order valence-electron chi connectivity index (χ2n) is 5.63. The van der Waals surface area contributed by atoms with Crippen molar-refractivity contribution in [3.63, 3.8) is 0 Å². The zero-order chi connectivity index (χ0) is 13.7. The van der Waals surface area contributed by atoms with Gasteiger partial charge in [0.05, 0.1) is 5.92 Å². The Bertz CT molecular complexity index is 404. The maximum Gasteiger partial charge on any atom is 0.224 e. The fourth-order valence-electron chi connectivity index (χ4n) is 2.65. The van der Waals surface area contributed by atoms with Gasteiger partial charge in [0.2, 0.25) is 5.91 Å². The summed E-state index contributed by atoms with van der Waals surface area (Å²) in [7, 11) is 0. The topological polar surface area (TPSA) is 41.1 Å². The molecule has 2 N–H and O–H groups in total. The predicted molar refractivity (Wildman–Crippen MR) is 78.0 cm³/mol. The summed E-state index contributed by atoms with van der Waals surface area (Å²) in [6.07, 6.45) is 0.990. The van der Waals surface area contributed by atoms with E-state index in [-0.39, 0.29) is 11.8 Å². The van der Waals surface area contributed by atoms with Gasteiger partial charge in [0.25, 0.3) is 0 Å². The molecule has 0 radical (unpaired) electrons. The normalized spacial score (nSPS) is 24.1. The first-order valence-corrected chi connectivity index (χ1v) is 7.22. The molecule has 2 rings (SSSR count). The summed E-state index contributed by atoms with van der Waals surface area (Å²) >= 11 is 0. The van der Waals surface area contributed by atoms with Crippen LogP contribution >= 0.6 is 0 Å². The summed E-state index contributed by atoms with van der Waals surface area (Å²) in [4.78, 5) is 12.0. The Hall–Kier alpha value is -1.35. The van der Waals surface area contributed by atoms with Crippen LogP contribution in [0.1, 0.15) is 31.7 Å².